The summed E-state index contributed by atoms with van der Waals surface area (Å²) in [4.78, 5) is 48.3. The van der Waals surface area contributed by atoms with E-state index in [9.17, 15) is 14.4 Å². The summed E-state index contributed by atoms with van der Waals surface area (Å²) in [5, 5.41) is 3.42. The number of hydrogen-bond acceptors (Lipinski definition) is 8. The van der Waals surface area contributed by atoms with Crippen LogP contribution in [0.1, 0.15) is 23.7 Å². The molecule has 0 bridgehead atoms. The molecule has 0 saturated heterocycles. The number of aromatic nitrogens is 4. The van der Waals surface area contributed by atoms with E-state index in [4.69, 9.17) is 5.73 Å². The Balaban J connectivity index is 1.71. The number of benzene rings is 1. The van der Waals surface area contributed by atoms with Crippen molar-refractivity contribution in [2.45, 2.75) is 24.9 Å². The lowest BCUT2D eigenvalue weighted by molar-refractivity contribution is 0.102. The number of ketones is 1. The zero-order valence-corrected chi connectivity index (χ0v) is 19.2. The molecule has 2 N–H and O–H groups in total. The maximum Gasteiger partial charge on any atom is 0.332 e. The smallest absolute Gasteiger partial charge is 0.332 e. The summed E-state index contributed by atoms with van der Waals surface area (Å²) in [6.07, 6.45) is 0.642. The summed E-state index contributed by atoms with van der Waals surface area (Å²) >= 11 is 2.76. The van der Waals surface area contributed by atoms with Crippen molar-refractivity contribution in [1.29, 1.82) is 0 Å². The first-order valence-electron chi connectivity index (χ1n) is 9.98. The average Bonchev–Trinajstić information content (AvgIpc) is 3.34. The number of Topliss-reactive ketones (excluding diaryl/α,β-unsaturated/α-hetero) is 1. The molecule has 3 aromatic heterocycles. The first kappa shape index (κ1) is 22.0. The molecule has 4 aromatic rings. The molecule has 0 atom stereocenters. The number of hydrogen-bond donors (Lipinski definition) is 1. The number of para-hydroxylation sites is 1. The Bertz CT molecular complexity index is 1420. The van der Waals surface area contributed by atoms with E-state index in [1.807, 2.05) is 48.7 Å². The molecule has 0 unspecified atom stereocenters. The number of carbonyl (C=O) groups is 1. The van der Waals surface area contributed by atoms with Gasteiger partial charge in [-0.15, -0.1) is 11.3 Å². The van der Waals surface area contributed by atoms with Crippen molar-refractivity contribution in [2.75, 3.05) is 11.5 Å². The second-order valence-electron chi connectivity index (χ2n) is 7.12. The minimum Gasteiger partial charge on any atom is -0.384 e. The molecule has 32 heavy (non-hydrogen) atoms. The van der Waals surface area contributed by atoms with Gasteiger partial charge in [-0.1, -0.05) is 43.0 Å². The van der Waals surface area contributed by atoms with Gasteiger partial charge in [0.15, 0.2) is 11.6 Å². The molecule has 0 spiro atoms. The van der Waals surface area contributed by atoms with E-state index in [0.717, 1.165) is 20.3 Å². The number of nitrogens with two attached hydrogens (primary N) is 1. The third-order valence-corrected chi connectivity index (χ3v) is 6.82. The fourth-order valence-corrected chi connectivity index (χ4v) is 4.91. The van der Waals surface area contributed by atoms with Crippen molar-refractivity contribution < 1.29 is 4.79 Å². The van der Waals surface area contributed by atoms with Gasteiger partial charge in [0.1, 0.15) is 16.4 Å². The minimum atomic E-state index is -0.683. The van der Waals surface area contributed by atoms with Gasteiger partial charge >= 0.3 is 5.69 Å². The van der Waals surface area contributed by atoms with Crippen molar-refractivity contribution >= 4 is 45.6 Å². The van der Waals surface area contributed by atoms with Crippen LogP contribution in [0.25, 0.3) is 21.6 Å². The van der Waals surface area contributed by atoms with Gasteiger partial charge in [0.2, 0.25) is 0 Å². The van der Waals surface area contributed by atoms with Crippen molar-refractivity contribution in [1.82, 2.24) is 19.1 Å². The number of thiophene rings is 1. The van der Waals surface area contributed by atoms with E-state index in [1.165, 1.54) is 34.7 Å². The van der Waals surface area contributed by atoms with Crippen LogP contribution in [0.4, 0.5) is 5.82 Å². The van der Waals surface area contributed by atoms with Crippen molar-refractivity contribution in [3.05, 3.63) is 68.2 Å². The van der Waals surface area contributed by atoms with Gasteiger partial charge in [0.25, 0.3) is 5.56 Å². The number of nitrogens with zero attached hydrogens (tertiary/aromatic N) is 4. The fraction of sp³-hybridized carbons (Fsp3) is 0.227. The van der Waals surface area contributed by atoms with Gasteiger partial charge in [-0.05, 0) is 23.9 Å². The van der Waals surface area contributed by atoms with E-state index in [-0.39, 0.29) is 17.1 Å². The highest BCUT2D eigenvalue weighted by atomic mass is 32.2. The van der Waals surface area contributed by atoms with Gasteiger partial charge < -0.3 is 5.73 Å². The summed E-state index contributed by atoms with van der Waals surface area (Å²) < 4.78 is 2.20. The lowest BCUT2D eigenvalue weighted by atomic mass is 10.2. The molecular formula is C22H21N5O3S2. The molecule has 0 aliphatic rings. The third-order valence-electron chi connectivity index (χ3n) is 4.96. The Kier molecular flexibility index (Phi) is 6.24. The van der Waals surface area contributed by atoms with Crippen molar-refractivity contribution in [3.63, 3.8) is 0 Å². The predicted molar refractivity (Wildman–Crippen MR) is 129 cm³/mol. The average molecular weight is 468 g/mol. The number of fused-ring (bicyclic) bond motifs is 1. The van der Waals surface area contributed by atoms with Crippen LogP contribution >= 0.6 is 23.1 Å². The van der Waals surface area contributed by atoms with Crippen LogP contribution in [-0.2, 0) is 13.6 Å². The van der Waals surface area contributed by atoms with Crippen LogP contribution in [-0.4, -0.2) is 30.6 Å². The van der Waals surface area contributed by atoms with Gasteiger partial charge in [-0.2, -0.15) is 0 Å². The zero-order chi connectivity index (χ0) is 22.8. The Labute approximate surface area is 191 Å². The Morgan fingerprint density at radius 3 is 2.66 bits per heavy atom. The van der Waals surface area contributed by atoms with Crippen LogP contribution < -0.4 is 17.0 Å². The van der Waals surface area contributed by atoms with Gasteiger partial charge in [-0.25, -0.2) is 14.8 Å². The molecule has 1 aromatic carbocycles. The first-order valence-corrected chi connectivity index (χ1v) is 11.8. The summed E-state index contributed by atoms with van der Waals surface area (Å²) in [6, 6.07) is 11.4. The Morgan fingerprint density at radius 2 is 1.94 bits per heavy atom. The van der Waals surface area contributed by atoms with Gasteiger partial charge in [0.05, 0.1) is 16.1 Å². The number of anilines is 1. The molecule has 3 heterocycles. The molecular weight excluding hydrogens is 446 g/mol. The number of rotatable bonds is 7. The van der Waals surface area contributed by atoms with Crippen molar-refractivity contribution in [3.8, 4) is 10.7 Å². The number of thioether (sulfide) groups is 1. The maximum absolute atomic E-state index is 13.1. The molecule has 0 aliphatic heterocycles. The molecule has 4 rings (SSSR count). The first-order chi connectivity index (χ1) is 15.4. The fourth-order valence-electron chi connectivity index (χ4n) is 3.36. The molecule has 0 fully saturated rings. The van der Waals surface area contributed by atoms with Gasteiger partial charge in [-0.3, -0.25) is 18.7 Å². The van der Waals surface area contributed by atoms with Crippen LogP contribution in [0.5, 0.6) is 0 Å². The zero-order valence-electron chi connectivity index (χ0n) is 17.6. The molecule has 0 amide bonds. The molecule has 10 heteroatoms. The standard InChI is InChI=1S/C22H21N5O3S2/c1-3-10-27-18(23)17(21(29)26(2)22(27)30)15(28)12-32-20-13-7-4-5-8-14(13)24-19(25-20)16-9-6-11-31-16/h4-9,11H,3,10,12,23H2,1-2H3. The molecule has 0 saturated carbocycles. The highest BCUT2D eigenvalue weighted by molar-refractivity contribution is 8.00. The van der Waals surface area contributed by atoms with Crippen LogP contribution in [0.3, 0.4) is 0 Å². The molecule has 0 radical (unpaired) electrons. The second kappa shape index (κ2) is 9.09. The van der Waals surface area contributed by atoms with Crippen molar-refractivity contribution in [2.24, 2.45) is 7.05 Å². The summed E-state index contributed by atoms with van der Waals surface area (Å²) in [6.45, 7) is 2.21. The number of carbonyl (C=O) groups excluding carboxylic acids is 1. The molecule has 0 aliphatic carbocycles. The van der Waals surface area contributed by atoms with Crippen LogP contribution in [0, 0.1) is 0 Å². The van der Waals surface area contributed by atoms with Gasteiger partial charge in [0, 0.05) is 19.0 Å². The lowest BCUT2D eigenvalue weighted by Crippen LogP contribution is -2.42. The Hall–Kier alpha value is -3.24. The quantitative estimate of drug-likeness (QED) is 0.252. The molecule has 164 valence electrons. The summed E-state index contributed by atoms with van der Waals surface area (Å²) in [5.74, 6) is 0.00513. The molecule has 8 nitrogen and oxygen atoms in total. The SMILES string of the molecule is CCCn1c(N)c(C(=O)CSc2nc(-c3cccs3)nc3ccccc23)c(=O)n(C)c1=O. The topological polar surface area (TPSA) is 113 Å². The van der Waals surface area contributed by atoms with Crippen LogP contribution in [0.2, 0.25) is 0 Å². The predicted octanol–water partition coefficient (Wildman–Crippen LogP) is 3.19. The monoisotopic (exact) mass is 467 g/mol. The second-order valence-corrected chi connectivity index (χ2v) is 9.03. The largest absolute Gasteiger partial charge is 0.384 e. The maximum atomic E-state index is 13.1. The van der Waals surface area contributed by atoms with Crippen LogP contribution in [0.15, 0.2) is 56.4 Å². The lowest BCUT2D eigenvalue weighted by Gasteiger charge is -2.14. The Morgan fingerprint density at radius 1 is 1.16 bits per heavy atom. The van der Waals surface area contributed by atoms with E-state index in [0.29, 0.717) is 23.8 Å². The number of nitrogen functional groups attached to an aromatic ring is 1. The highest BCUT2D eigenvalue weighted by Gasteiger charge is 2.22. The van der Waals surface area contributed by atoms with E-state index in [2.05, 4.69) is 9.97 Å². The summed E-state index contributed by atoms with van der Waals surface area (Å²) in [7, 11) is 1.35. The highest BCUT2D eigenvalue weighted by Crippen LogP contribution is 2.30. The van der Waals surface area contributed by atoms with E-state index < -0.39 is 17.0 Å². The van der Waals surface area contributed by atoms with E-state index >= 15 is 0 Å². The third kappa shape index (κ3) is 3.98. The summed E-state index contributed by atoms with van der Waals surface area (Å²) in [5.41, 5.74) is 5.48. The minimum absolute atomic E-state index is 0.0470. The normalized spacial score (nSPS) is 11.2. The van der Waals surface area contributed by atoms with E-state index in [1.54, 1.807) is 0 Å².